The average molecular weight is 349 g/mol. The molecule has 2 aromatic heterocycles. The van der Waals surface area contributed by atoms with Gasteiger partial charge in [-0.15, -0.1) is 0 Å². The van der Waals surface area contributed by atoms with Gasteiger partial charge in [0.25, 0.3) is 5.91 Å². The molecule has 0 bridgehead atoms. The highest BCUT2D eigenvalue weighted by Gasteiger charge is 2.11. The highest BCUT2D eigenvalue weighted by Crippen LogP contribution is 2.18. The molecule has 0 aliphatic rings. The zero-order valence-corrected chi connectivity index (χ0v) is 14.6. The van der Waals surface area contributed by atoms with Crippen LogP contribution in [0.2, 0.25) is 0 Å². The van der Waals surface area contributed by atoms with Crippen LogP contribution in [0.3, 0.4) is 0 Å². The zero-order valence-electron chi connectivity index (χ0n) is 14.6. The molecule has 26 heavy (non-hydrogen) atoms. The predicted octanol–water partition coefficient (Wildman–Crippen LogP) is 3.05. The summed E-state index contributed by atoms with van der Waals surface area (Å²) in [6, 6.07) is 12.6. The van der Waals surface area contributed by atoms with Crippen LogP contribution >= 0.6 is 0 Å². The van der Waals surface area contributed by atoms with Crippen molar-refractivity contribution in [3.8, 4) is 5.75 Å². The lowest BCUT2D eigenvalue weighted by atomic mass is 10.2. The zero-order chi connectivity index (χ0) is 18.4. The number of carbonyl (C=O) groups is 1. The number of methoxy groups -OCH3 is 1. The number of aryl methyl sites for hydroxylation is 1. The third kappa shape index (κ3) is 4.54. The van der Waals surface area contributed by atoms with Gasteiger partial charge in [0.05, 0.1) is 7.11 Å². The van der Waals surface area contributed by atoms with E-state index in [9.17, 15) is 4.79 Å². The largest absolute Gasteiger partial charge is 0.497 e. The summed E-state index contributed by atoms with van der Waals surface area (Å²) in [5.74, 6) is 1.46. The fourth-order valence-corrected chi connectivity index (χ4v) is 2.36. The lowest BCUT2D eigenvalue weighted by Gasteiger charge is -2.10. The van der Waals surface area contributed by atoms with Crippen LogP contribution in [0.4, 0.5) is 11.5 Å². The minimum atomic E-state index is -0.310. The Morgan fingerprint density at radius 3 is 2.69 bits per heavy atom. The van der Waals surface area contributed by atoms with Crippen molar-refractivity contribution in [3.05, 3.63) is 71.9 Å². The quantitative estimate of drug-likeness (QED) is 0.711. The van der Waals surface area contributed by atoms with Crippen LogP contribution in [0.1, 0.15) is 21.9 Å². The third-order valence-corrected chi connectivity index (χ3v) is 3.62. The number of hydrogen-bond acceptors (Lipinski definition) is 6. The summed E-state index contributed by atoms with van der Waals surface area (Å²) in [4.78, 5) is 25.1. The molecule has 0 atom stereocenters. The standard InChI is InChI=1S/C19H19N5O2/c1-13-22-17(19(25)24-15-4-3-5-16(10-15)26-2)11-18(23-13)21-12-14-6-8-20-9-7-14/h3-11H,12H2,1-2H3,(H,24,25)(H,21,22,23). The van der Waals surface area contributed by atoms with Gasteiger partial charge in [0.1, 0.15) is 23.1 Å². The first-order valence-electron chi connectivity index (χ1n) is 8.08. The molecular weight excluding hydrogens is 330 g/mol. The number of carbonyl (C=O) groups excluding carboxylic acids is 1. The number of nitrogens with one attached hydrogen (secondary N) is 2. The first-order valence-corrected chi connectivity index (χ1v) is 8.08. The Kier molecular flexibility index (Phi) is 5.38. The predicted molar refractivity (Wildman–Crippen MR) is 99.3 cm³/mol. The lowest BCUT2D eigenvalue weighted by Crippen LogP contribution is -2.16. The Morgan fingerprint density at radius 1 is 1.12 bits per heavy atom. The van der Waals surface area contributed by atoms with Crippen LogP contribution in [0.25, 0.3) is 0 Å². The fraction of sp³-hybridized carbons (Fsp3) is 0.158. The molecule has 1 amide bonds. The molecule has 7 heteroatoms. The summed E-state index contributed by atoms with van der Waals surface area (Å²) >= 11 is 0. The van der Waals surface area contributed by atoms with Gasteiger partial charge in [-0.25, -0.2) is 9.97 Å². The van der Waals surface area contributed by atoms with Crippen LogP contribution < -0.4 is 15.4 Å². The van der Waals surface area contributed by atoms with E-state index in [1.165, 1.54) is 0 Å². The first kappa shape index (κ1) is 17.3. The van der Waals surface area contributed by atoms with E-state index in [4.69, 9.17) is 4.74 Å². The maximum absolute atomic E-state index is 12.5. The summed E-state index contributed by atoms with van der Waals surface area (Å²) in [6.45, 7) is 2.33. The maximum atomic E-state index is 12.5. The molecule has 1 aromatic carbocycles. The molecular formula is C19H19N5O2. The second kappa shape index (κ2) is 8.06. The Labute approximate surface area is 151 Å². The summed E-state index contributed by atoms with van der Waals surface area (Å²) in [7, 11) is 1.58. The maximum Gasteiger partial charge on any atom is 0.274 e. The molecule has 7 nitrogen and oxygen atoms in total. The number of benzene rings is 1. The van der Waals surface area contributed by atoms with E-state index in [0.29, 0.717) is 29.6 Å². The van der Waals surface area contributed by atoms with E-state index >= 15 is 0 Å². The summed E-state index contributed by atoms with van der Waals surface area (Å²) in [6.07, 6.45) is 3.46. The van der Waals surface area contributed by atoms with Gasteiger partial charge in [-0.05, 0) is 36.8 Å². The molecule has 3 aromatic rings. The first-order chi connectivity index (χ1) is 12.6. The van der Waals surface area contributed by atoms with Gasteiger partial charge in [-0.3, -0.25) is 9.78 Å². The van der Waals surface area contributed by atoms with Gasteiger partial charge in [-0.1, -0.05) is 6.07 Å². The third-order valence-electron chi connectivity index (χ3n) is 3.62. The van der Waals surface area contributed by atoms with Gasteiger partial charge in [0, 0.05) is 36.8 Å². The van der Waals surface area contributed by atoms with Crippen LogP contribution in [0.5, 0.6) is 5.75 Å². The van der Waals surface area contributed by atoms with Gasteiger partial charge in [0.2, 0.25) is 0 Å². The van der Waals surface area contributed by atoms with E-state index < -0.39 is 0 Å². The fourth-order valence-electron chi connectivity index (χ4n) is 2.36. The van der Waals surface area contributed by atoms with Gasteiger partial charge < -0.3 is 15.4 Å². The van der Waals surface area contributed by atoms with Gasteiger partial charge in [-0.2, -0.15) is 0 Å². The van der Waals surface area contributed by atoms with E-state index in [2.05, 4.69) is 25.6 Å². The summed E-state index contributed by atoms with van der Waals surface area (Å²) < 4.78 is 5.16. The molecule has 0 fully saturated rings. The molecule has 0 aliphatic heterocycles. The summed E-state index contributed by atoms with van der Waals surface area (Å²) in [5, 5.41) is 6.02. The monoisotopic (exact) mass is 349 g/mol. The Bertz CT molecular complexity index is 899. The van der Waals surface area contributed by atoms with Crippen LogP contribution in [0.15, 0.2) is 54.9 Å². The molecule has 0 spiro atoms. The SMILES string of the molecule is COc1cccc(NC(=O)c2cc(NCc3ccncc3)nc(C)n2)c1. The van der Waals surface area contributed by atoms with Crippen molar-refractivity contribution >= 4 is 17.4 Å². The molecule has 2 heterocycles. The highest BCUT2D eigenvalue weighted by molar-refractivity contribution is 6.03. The molecule has 3 rings (SSSR count). The van der Waals surface area contributed by atoms with Crippen molar-refractivity contribution in [3.63, 3.8) is 0 Å². The topological polar surface area (TPSA) is 89.0 Å². The lowest BCUT2D eigenvalue weighted by molar-refractivity contribution is 0.102. The highest BCUT2D eigenvalue weighted by atomic mass is 16.5. The summed E-state index contributed by atoms with van der Waals surface area (Å²) in [5.41, 5.74) is 1.99. The van der Waals surface area contributed by atoms with Crippen molar-refractivity contribution in [2.45, 2.75) is 13.5 Å². The van der Waals surface area contributed by atoms with Gasteiger partial charge in [0.15, 0.2) is 0 Å². The van der Waals surface area contributed by atoms with Gasteiger partial charge >= 0.3 is 0 Å². The number of aromatic nitrogens is 3. The number of anilines is 2. The minimum Gasteiger partial charge on any atom is -0.497 e. The molecule has 0 saturated heterocycles. The number of hydrogen-bond donors (Lipinski definition) is 2. The number of ether oxygens (including phenoxy) is 1. The second-order valence-corrected chi connectivity index (χ2v) is 5.58. The van der Waals surface area contributed by atoms with Crippen molar-refractivity contribution in [1.82, 2.24) is 15.0 Å². The molecule has 0 aliphatic carbocycles. The molecule has 0 saturated carbocycles. The number of amides is 1. The van der Waals surface area contributed by atoms with E-state index in [1.54, 1.807) is 50.7 Å². The molecule has 0 radical (unpaired) electrons. The van der Waals surface area contributed by atoms with Crippen molar-refractivity contribution < 1.29 is 9.53 Å². The van der Waals surface area contributed by atoms with Crippen LogP contribution in [-0.4, -0.2) is 28.0 Å². The molecule has 2 N–H and O–H groups in total. The Morgan fingerprint density at radius 2 is 1.92 bits per heavy atom. The molecule has 132 valence electrons. The van der Waals surface area contributed by atoms with Crippen LogP contribution in [-0.2, 0) is 6.54 Å². The Balaban J connectivity index is 1.72. The second-order valence-electron chi connectivity index (χ2n) is 5.58. The Hall–Kier alpha value is -3.48. The van der Waals surface area contributed by atoms with Crippen molar-refractivity contribution in [2.75, 3.05) is 17.7 Å². The van der Waals surface area contributed by atoms with Crippen LogP contribution in [0, 0.1) is 6.92 Å². The number of pyridine rings is 1. The van der Waals surface area contributed by atoms with E-state index in [0.717, 1.165) is 5.56 Å². The van der Waals surface area contributed by atoms with E-state index in [1.807, 2.05) is 18.2 Å². The smallest absolute Gasteiger partial charge is 0.274 e. The normalized spacial score (nSPS) is 10.2. The number of nitrogens with zero attached hydrogens (tertiary/aromatic N) is 3. The van der Waals surface area contributed by atoms with E-state index in [-0.39, 0.29) is 11.6 Å². The molecule has 0 unspecified atom stereocenters. The number of rotatable bonds is 6. The van der Waals surface area contributed by atoms with Crippen molar-refractivity contribution in [1.29, 1.82) is 0 Å². The van der Waals surface area contributed by atoms with Crippen molar-refractivity contribution in [2.24, 2.45) is 0 Å². The minimum absolute atomic E-state index is 0.289. The average Bonchev–Trinajstić information content (AvgIpc) is 2.67.